The second-order valence-electron chi connectivity index (χ2n) is 3.59. The summed E-state index contributed by atoms with van der Waals surface area (Å²) in [5.41, 5.74) is 0.297. The molecule has 0 aromatic heterocycles. The number of methoxy groups -OCH3 is 1. The Balaban J connectivity index is 2.70. The maximum absolute atomic E-state index is 11.9. The van der Waals surface area contributed by atoms with Gasteiger partial charge < -0.3 is 15.2 Å². The number of aliphatic hydroxyl groups excluding tert-OH is 1. The van der Waals surface area contributed by atoms with Crippen LogP contribution in [0.25, 0.3) is 0 Å². The molecule has 0 radical (unpaired) electrons. The van der Waals surface area contributed by atoms with Gasteiger partial charge in [-0.05, 0) is 24.5 Å². The number of hydrogen-bond acceptors (Lipinski definition) is 5. The summed E-state index contributed by atoms with van der Waals surface area (Å²) in [5, 5.41) is 12.1. The molecular formula is C12H14ClNO4S. The van der Waals surface area contributed by atoms with Crippen molar-refractivity contribution in [1.29, 1.82) is 0 Å². The zero-order chi connectivity index (χ0) is 14.4. The maximum atomic E-state index is 11.9. The topological polar surface area (TPSA) is 75.6 Å². The van der Waals surface area contributed by atoms with Crippen molar-refractivity contribution in [2.24, 2.45) is 0 Å². The number of thioether (sulfide) groups is 1. The van der Waals surface area contributed by atoms with Crippen molar-refractivity contribution in [1.82, 2.24) is 5.32 Å². The molecule has 0 fully saturated rings. The lowest BCUT2D eigenvalue weighted by Crippen LogP contribution is -2.37. The molecule has 1 atom stereocenters. The smallest absolute Gasteiger partial charge is 0.336 e. The zero-order valence-corrected chi connectivity index (χ0v) is 12.0. The van der Waals surface area contributed by atoms with E-state index >= 15 is 0 Å². The Kier molecular flexibility index (Phi) is 6.14. The SMILES string of the molecule is COC(=O)C(O)CNC(=O)c1cc(SC)ccc1Cl. The predicted octanol–water partition coefficient (Wildman–Crippen LogP) is 1.33. The molecule has 0 bridgehead atoms. The molecule has 1 amide bonds. The highest BCUT2D eigenvalue weighted by Gasteiger charge is 2.18. The molecule has 104 valence electrons. The second-order valence-corrected chi connectivity index (χ2v) is 4.88. The van der Waals surface area contributed by atoms with Crippen LogP contribution >= 0.6 is 23.4 Å². The molecule has 1 unspecified atom stereocenters. The number of halogens is 1. The van der Waals surface area contributed by atoms with Crippen molar-refractivity contribution in [3.05, 3.63) is 28.8 Å². The van der Waals surface area contributed by atoms with Gasteiger partial charge in [0.05, 0.1) is 24.2 Å². The van der Waals surface area contributed by atoms with Gasteiger partial charge in [0.15, 0.2) is 6.10 Å². The fourth-order valence-corrected chi connectivity index (χ4v) is 1.95. The highest BCUT2D eigenvalue weighted by atomic mass is 35.5. The first-order chi connectivity index (χ1) is 8.99. The number of carbonyl (C=O) groups excluding carboxylic acids is 2. The van der Waals surface area contributed by atoms with E-state index < -0.39 is 18.0 Å². The molecule has 0 aliphatic rings. The Morgan fingerprint density at radius 3 is 2.79 bits per heavy atom. The van der Waals surface area contributed by atoms with Crippen LogP contribution in [0.1, 0.15) is 10.4 Å². The molecule has 2 N–H and O–H groups in total. The molecule has 7 heteroatoms. The van der Waals surface area contributed by atoms with E-state index in [1.54, 1.807) is 18.2 Å². The van der Waals surface area contributed by atoms with Crippen LogP contribution in [0.3, 0.4) is 0 Å². The van der Waals surface area contributed by atoms with E-state index in [0.29, 0.717) is 10.6 Å². The van der Waals surface area contributed by atoms with Crippen LogP contribution in [0, 0.1) is 0 Å². The van der Waals surface area contributed by atoms with E-state index in [9.17, 15) is 14.7 Å². The van der Waals surface area contributed by atoms with E-state index in [2.05, 4.69) is 10.1 Å². The van der Waals surface area contributed by atoms with E-state index in [1.165, 1.54) is 11.8 Å². The average molecular weight is 304 g/mol. The van der Waals surface area contributed by atoms with E-state index in [-0.39, 0.29) is 6.54 Å². The van der Waals surface area contributed by atoms with Crippen LogP contribution in [0.5, 0.6) is 0 Å². The largest absolute Gasteiger partial charge is 0.467 e. The highest BCUT2D eigenvalue weighted by Crippen LogP contribution is 2.22. The van der Waals surface area contributed by atoms with Gasteiger partial charge >= 0.3 is 5.97 Å². The number of esters is 1. The minimum absolute atomic E-state index is 0.231. The summed E-state index contributed by atoms with van der Waals surface area (Å²) in [5.74, 6) is -1.26. The fourth-order valence-electron chi connectivity index (χ4n) is 1.31. The third kappa shape index (κ3) is 4.41. The molecule has 0 saturated heterocycles. The number of amides is 1. The number of carbonyl (C=O) groups is 2. The molecule has 0 aliphatic carbocycles. The quantitative estimate of drug-likeness (QED) is 0.634. The molecular weight excluding hydrogens is 290 g/mol. The van der Waals surface area contributed by atoms with Gasteiger partial charge in [-0.3, -0.25) is 4.79 Å². The van der Waals surface area contributed by atoms with Crippen LogP contribution in [-0.4, -0.2) is 43.0 Å². The normalized spacial score (nSPS) is 11.8. The van der Waals surface area contributed by atoms with Gasteiger partial charge in [-0.2, -0.15) is 0 Å². The molecule has 19 heavy (non-hydrogen) atoms. The third-order valence-electron chi connectivity index (χ3n) is 2.35. The van der Waals surface area contributed by atoms with Crippen LogP contribution in [0.15, 0.2) is 23.1 Å². The van der Waals surface area contributed by atoms with Crippen molar-refractivity contribution in [3.8, 4) is 0 Å². The summed E-state index contributed by atoms with van der Waals surface area (Å²) in [4.78, 5) is 23.7. The third-order valence-corrected chi connectivity index (χ3v) is 3.40. The first-order valence-corrected chi connectivity index (χ1v) is 6.97. The number of ether oxygens (including phenoxy) is 1. The summed E-state index contributed by atoms with van der Waals surface area (Å²) >= 11 is 7.41. The number of aliphatic hydroxyl groups is 1. The number of hydrogen-bond donors (Lipinski definition) is 2. The Morgan fingerprint density at radius 1 is 1.53 bits per heavy atom. The minimum Gasteiger partial charge on any atom is -0.467 e. The van der Waals surface area contributed by atoms with E-state index in [0.717, 1.165) is 12.0 Å². The highest BCUT2D eigenvalue weighted by molar-refractivity contribution is 7.98. The van der Waals surface area contributed by atoms with Crippen molar-refractivity contribution in [3.63, 3.8) is 0 Å². The molecule has 0 saturated carbocycles. The van der Waals surface area contributed by atoms with E-state index in [4.69, 9.17) is 11.6 Å². The van der Waals surface area contributed by atoms with Crippen LogP contribution in [0.4, 0.5) is 0 Å². The van der Waals surface area contributed by atoms with Gasteiger partial charge in [-0.1, -0.05) is 11.6 Å². The summed E-state index contributed by atoms with van der Waals surface area (Å²) in [6.07, 6.45) is 0.489. The first-order valence-electron chi connectivity index (χ1n) is 5.37. The standard InChI is InChI=1S/C12H14ClNO4S/c1-18-12(17)10(15)6-14-11(16)8-5-7(19-2)3-4-9(8)13/h3-5,10,15H,6H2,1-2H3,(H,14,16). The zero-order valence-electron chi connectivity index (χ0n) is 10.5. The molecule has 0 aliphatic heterocycles. The molecule has 5 nitrogen and oxygen atoms in total. The minimum atomic E-state index is -1.39. The Labute approximate surface area is 120 Å². The maximum Gasteiger partial charge on any atom is 0.336 e. The molecule has 1 aromatic rings. The fraction of sp³-hybridized carbons (Fsp3) is 0.333. The van der Waals surface area contributed by atoms with Crippen molar-refractivity contribution in [2.75, 3.05) is 19.9 Å². The summed E-state index contributed by atoms with van der Waals surface area (Å²) < 4.78 is 4.34. The van der Waals surface area contributed by atoms with Crippen LogP contribution in [-0.2, 0) is 9.53 Å². The van der Waals surface area contributed by atoms with Crippen molar-refractivity contribution in [2.45, 2.75) is 11.0 Å². The van der Waals surface area contributed by atoms with Gasteiger partial charge in [0, 0.05) is 4.90 Å². The Morgan fingerprint density at radius 2 is 2.21 bits per heavy atom. The van der Waals surface area contributed by atoms with Gasteiger partial charge in [0.25, 0.3) is 5.91 Å². The van der Waals surface area contributed by atoms with Crippen molar-refractivity contribution >= 4 is 35.2 Å². The number of nitrogens with one attached hydrogen (secondary N) is 1. The second kappa shape index (κ2) is 7.37. The summed E-state index contributed by atoms with van der Waals surface area (Å²) in [6.45, 7) is -0.231. The molecule has 1 aromatic carbocycles. The van der Waals surface area contributed by atoms with Gasteiger partial charge in [0.2, 0.25) is 0 Å². The predicted molar refractivity (Wildman–Crippen MR) is 73.6 cm³/mol. The van der Waals surface area contributed by atoms with Crippen molar-refractivity contribution < 1.29 is 19.4 Å². The molecule has 0 spiro atoms. The number of benzene rings is 1. The Hall–Kier alpha value is -1.24. The summed E-state index contributed by atoms with van der Waals surface area (Å²) in [6, 6.07) is 5.07. The van der Waals surface area contributed by atoms with Crippen LogP contribution in [0.2, 0.25) is 5.02 Å². The van der Waals surface area contributed by atoms with Gasteiger partial charge in [0.1, 0.15) is 0 Å². The van der Waals surface area contributed by atoms with Crippen LogP contribution < -0.4 is 5.32 Å². The molecule has 0 heterocycles. The Bertz CT molecular complexity index is 481. The lowest BCUT2D eigenvalue weighted by molar-refractivity contribution is -0.149. The monoisotopic (exact) mass is 303 g/mol. The summed E-state index contributed by atoms with van der Waals surface area (Å²) in [7, 11) is 1.16. The lowest BCUT2D eigenvalue weighted by atomic mass is 10.2. The molecule has 1 rings (SSSR count). The number of rotatable bonds is 5. The van der Waals surface area contributed by atoms with Gasteiger partial charge in [-0.15, -0.1) is 11.8 Å². The van der Waals surface area contributed by atoms with Gasteiger partial charge in [-0.25, -0.2) is 4.79 Å². The first kappa shape index (κ1) is 15.8. The lowest BCUT2D eigenvalue weighted by Gasteiger charge is -2.11. The van der Waals surface area contributed by atoms with E-state index in [1.807, 2.05) is 6.26 Å². The average Bonchev–Trinajstić information content (AvgIpc) is 2.43.